The molecule has 0 aromatic rings. The largest absolute Gasteiger partial charge is 0.395 e. The van der Waals surface area contributed by atoms with E-state index < -0.39 is 12.1 Å². The Morgan fingerprint density at radius 1 is 0.857 bits per heavy atom. The van der Waals surface area contributed by atoms with Crippen molar-refractivity contribution >= 4 is 11.8 Å². The summed E-state index contributed by atoms with van der Waals surface area (Å²) in [6, 6.07) is -0.491. The van der Waals surface area contributed by atoms with E-state index in [9.17, 15) is 5.11 Å². The molecule has 0 amide bonds. The van der Waals surface area contributed by atoms with Crippen LogP contribution in [0.5, 0.6) is 0 Å². The summed E-state index contributed by atoms with van der Waals surface area (Å²) in [5, 5.41) is 18.4. The van der Waals surface area contributed by atoms with Crippen molar-refractivity contribution in [1.29, 1.82) is 0 Å². The van der Waals surface area contributed by atoms with E-state index in [0.717, 1.165) is 5.75 Å². The predicted octanol–water partition coefficient (Wildman–Crippen LogP) is 3.71. The molecule has 128 valence electrons. The van der Waals surface area contributed by atoms with Crippen molar-refractivity contribution in [3.8, 4) is 0 Å². The molecule has 0 aliphatic rings. The number of rotatable bonds is 16. The second-order valence-corrected chi connectivity index (χ2v) is 7.17. The molecule has 0 rings (SSSR count). The summed E-state index contributed by atoms with van der Waals surface area (Å²) >= 11 is 1.74. The highest BCUT2D eigenvalue weighted by molar-refractivity contribution is 7.99. The molecule has 0 fully saturated rings. The Morgan fingerprint density at radius 2 is 1.33 bits per heavy atom. The first kappa shape index (κ1) is 21.2. The number of nitrogens with two attached hydrogens (primary N) is 1. The lowest BCUT2D eigenvalue weighted by Gasteiger charge is -2.15. The van der Waals surface area contributed by atoms with Crippen LogP contribution in [0.15, 0.2) is 0 Å². The number of aliphatic hydroxyl groups is 2. The summed E-state index contributed by atoms with van der Waals surface area (Å²) in [7, 11) is 0. The van der Waals surface area contributed by atoms with Gasteiger partial charge in [-0.15, -0.1) is 0 Å². The van der Waals surface area contributed by atoms with Crippen LogP contribution in [0, 0.1) is 0 Å². The van der Waals surface area contributed by atoms with Gasteiger partial charge in [-0.25, -0.2) is 0 Å². The van der Waals surface area contributed by atoms with Crippen molar-refractivity contribution in [3.05, 3.63) is 0 Å². The van der Waals surface area contributed by atoms with Crippen LogP contribution in [-0.2, 0) is 0 Å². The van der Waals surface area contributed by atoms with Gasteiger partial charge < -0.3 is 15.9 Å². The monoisotopic (exact) mass is 319 g/mol. The lowest BCUT2D eigenvalue weighted by Crippen LogP contribution is -2.39. The first-order valence-electron chi connectivity index (χ1n) is 8.84. The fourth-order valence-corrected chi connectivity index (χ4v) is 3.38. The van der Waals surface area contributed by atoms with Crippen LogP contribution in [-0.4, -0.2) is 40.5 Å². The van der Waals surface area contributed by atoms with E-state index in [2.05, 4.69) is 6.92 Å². The van der Waals surface area contributed by atoms with Crippen LogP contribution < -0.4 is 5.73 Å². The van der Waals surface area contributed by atoms with E-state index in [1.54, 1.807) is 11.8 Å². The lowest BCUT2D eigenvalue weighted by atomic mass is 10.1. The molecule has 4 N–H and O–H groups in total. The number of hydrogen-bond acceptors (Lipinski definition) is 4. The van der Waals surface area contributed by atoms with E-state index in [-0.39, 0.29) is 6.61 Å². The summed E-state index contributed by atoms with van der Waals surface area (Å²) in [6.45, 7) is 2.13. The molecule has 0 radical (unpaired) electrons. The third-order valence-corrected chi connectivity index (χ3v) is 5.04. The second-order valence-electron chi connectivity index (χ2n) is 6.02. The zero-order valence-electron chi connectivity index (χ0n) is 13.9. The summed E-state index contributed by atoms with van der Waals surface area (Å²) in [5.41, 5.74) is 5.55. The Hall–Kier alpha value is 0.230. The highest BCUT2D eigenvalue weighted by atomic mass is 32.2. The molecule has 4 heteroatoms. The highest BCUT2D eigenvalue weighted by Crippen LogP contribution is 2.13. The van der Waals surface area contributed by atoms with Gasteiger partial charge in [-0.1, -0.05) is 71.1 Å². The molecule has 21 heavy (non-hydrogen) atoms. The maximum Gasteiger partial charge on any atom is 0.0803 e. The Kier molecular flexibility index (Phi) is 16.8. The molecule has 0 aromatic carbocycles. The van der Waals surface area contributed by atoms with Gasteiger partial charge in [0.2, 0.25) is 0 Å². The summed E-state index contributed by atoms with van der Waals surface area (Å²) in [4.78, 5) is 0. The molecule has 2 atom stereocenters. The van der Waals surface area contributed by atoms with E-state index in [1.807, 2.05) is 0 Å². The summed E-state index contributed by atoms with van der Waals surface area (Å²) < 4.78 is 0. The molecule has 0 heterocycles. The molecule has 0 saturated carbocycles. The average molecular weight is 320 g/mol. The van der Waals surface area contributed by atoms with E-state index >= 15 is 0 Å². The molecular formula is C17H37NO2S. The number of hydrogen-bond donors (Lipinski definition) is 3. The van der Waals surface area contributed by atoms with E-state index in [4.69, 9.17) is 10.8 Å². The van der Waals surface area contributed by atoms with Gasteiger partial charge >= 0.3 is 0 Å². The van der Waals surface area contributed by atoms with E-state index in [0.29, 0.717) is 5.75 Å². The lowest BCUT2D eigenvalue weighted by molar-refractivity contribution is 0.127. The normalized spacial score (nSPS) is 14.3. The van der Waals surface area contributed by atoms with Crippen molar-refractivity contribution in [3.63, 3.8) is 0 Å². The van der Waals surface area contributed by atoms with Gasteiger partial charge in [-0.3, -0.25) is 0 Å². The van der Waals surface area contributed by atoms with Gasteiger partial charge in [0, 0.05) is 5.75 Å². The molecule has 0 bridgehead atoms. The molecule has 0 aromatic heterocycles. The molecule has 0 aliphatic heterocycles. The third kappa shape index (κ3) is 14.9. The van der Waals surface area contributed by atoms with Crippen LogP contribution in [0.4, 0.5) is 0 Å². The van der Waals surface area contributed by atoms with Crippen LogP contribution in [0.2, 0.25) is 0 Å². The Balaban J connectivity index is 3.09. The topological polar surface area (TPSA) is 66.5 Å². The first-order chi connectivity index (χ1) is 10.2. The smallest absolute Gasteiger partial charge is 0.0803 e. The molecule has 0 aliphatic carbocycles. The highest BCUT2D eigenvalue weighted by Gasteiger charge is 2.12. The van der Waals surface area contributed by atoms with Crippen molar-refractivity contribution < 1.29 is 10.2 Å². The van der Waals surface area contributed by atoms with Crippen LogP contribution in [0.3, 0.4) is 0 Å². The minimum Gasteiger partial charge on any atom is -0.395 e. The van der Waals surface area contributed by atoms with Crippen LogP contribution >= 0.6 is 11.8 Å². The zero-order chi connectivity index (χ0) is 15.8. The first-order valence-corrected chi connectivity index (χ1v) is 10.00. The molecule has 3 nitrogen and oxygen atoms in total. The van der Waals surface area contributed by atoms with Crippen molar-refractivity contribution in [1.82, 2.24) is 0 Å². The fourth-order valence-electron chi connectivity index (χ4n) is 2.32. The van der Waals surface area contributed by atoms with Gasteiger partial charge in [-0.2, -0.15) is 11.8 Å². The molecular weight excluding hydrogens is 282 g/mol. The summed E-state index contributed by atoms with van der Waals surface area (Å²) in [6.07, 6.45) is 14.4. The maximum absolute atomic E-state index is 9.59. The van der Waals surface area contributed by atoms with Gasteiger partial charge in [0.1, 0.15) is 0 Å². The minimum absolute atomic E-state index is 0.139. The van der Waals surface area contributed by atoms with Gasteiger partial charge in [-0.05, 0) is 12.2 Å². The van der Waals surface area contributed by atoms with Crippen molar-refractivity contribution in [2.24, 2.45) is 5.73 Å². The maximum atomic E-state index is 9.59. The minimum atomic E-state index is -0.576. The van der Waals surface area contributed by atoms with Crippen LogP contribution in [0.25, 0.3) is 0 Å². The standard InChI is InChI=1S/C17H37NO2S/c1-2-3-4-5-6-7-8-9-10-11-12-13-21-15-17(20)16(18)14-19/h16-17,19-20H,2-15,18H2,1H3/t16-,17+/m0/s1. The number of unbranched alkanes of at least 4 members (excludes halogenated alkanes) is 10. The number of thioether (sulfide) groups is 1. The quantitative estimate of drug-likeness (QED) is 0.379. The Labute approximate surface area is 136 Å². The summed E-state index contributed by atoms with van der Waals surface area (Å²) in [5.74, 6) is 1.73. The molecule has 0 unspecified atom stereocenters. The van der Waals surface area contributed by atoms with E-state index in [1.165, 1.54) is 70.6 Å². The van der Waals surface area contributed by atoms with Gasteiger partial charge in [0.25, 0.3) is 0 Å². The second kappa shape index (κ2) is 16.6. The number of aliphatic hydroxyl groups excluding tert-OH is 2. The van der Waals surface area contributed by atoms with Gasteiger partial charge in [0.15, 0.2) is 0 Å². The van der Waals surface area contributed by atoms with Crippen molar-refractivity contribution in [2.75, 3.05) is 18.1 Å². The molecule has 0 saturated heterocycles. The fraction of sp³-hybridized carbons (Fsp3) is 1.00. The Bertz CT molecular complexity index is 205. The third-order valence-electron chi connectivity index (χ3n) is 3.89. The predicted molar refractivity (Wildman–Crippen MR) is 94.9 cm³/mol. The van der Waals surface area contributed by atoms with Crippen LogP contribution in [0.1, 0.15) is 77.6 Å². The SMILES string of the molecule is CCCCCCCCCCCCCSC[C@@H](O)[C@@H](N)CO. The molecule has 0 spiro atoms. The Morgan fingerprint density at radius 3 is 1.81 bits per heavy atom. The zero-order valence-corrected chi connectivity index (χ0v) is 14.8. The average Bonchev–Trinajstić information content (AvgIpc) is 2.50. The van der Waals surface area contributed by atoms with Crippen molar-refractivity contribution in [2.45, 2.75) is 89.7 Å². The van der Waals surface area contributed by atoms with Gasteiger partial charge in [0.05, 0.1) is 18.8 Å².